The summed E-state index contributed by atoms with van der Waals surface area (Å²) >= 11 is 0. The predicted molar refractivity (Wildman–Crippen MR) is 49.1 cm³/mol. The molecule has 2 rings (SSSR count). The average molecular weight is 159 g/mol. The quantitative estimate of drug-likeness (QED) is 0.687. The zero-order valence-corrected chi connectivity index (χ0v) is 6.78. The lowest BCUT2D eigenvalue weighted by Gasteiger charge is -2.02. The maximum absolute atomic E-state index is 4.17. The van der Waals surface area contributed by atoms with Gasteiger partial charge >= 0.3 is 0 Å². The van der Waals surface area contributed by atoms with Crippen LogP contribution in [0.4, 0.5) is 5.82 Å². The van der Waals surface area contributed by atoms with E-state index < -0.39 is 0 Å². The van der Waals surface area contributed by atoms with Crippen molar-refractivity contribution in [1.82, 2.24) is 9.97 Å². The normalized spacial score (nSPS) is 10.1. The predicted octanol–water partition coefficient (Wildman–Crippen LogP) is 1.67. The van der Waals surface area contributed by atoms with Crippen LogP contribution >= 0.6 is 0 Å². The molecule has 0 unspecified atom stereocenters. The molecule has 2 aromatic rings. The van der Waals surface area contributed by atoms with Gasteiger partial charge in [0.25, 0.3) is 0 Å². The third-order valence-electron chi connectivity index (χ3n) is 1.80. The highest BCUT2D eigenvalue weighted by Gasteiger charge is 1.97. The molecule has 0 atom stereocenters. The Hall–Kier alpha value is -1.64. The van der Waals surface area contributed by atoms with Crippen molar-refractivity contribution < 1.29 is 0 Å². The first-order chi connectivity index (χ1) is 5.92. The van der Waals surface area contributed by atoms with Crippen molar-refractivity contribution in [2.75, 3.05) is 12.4 Å². The molecular weight excluding hydrogens is 150 g/mol. The molecule has 3 nitrogen and oxygen atoms in total. The third kappa shape index (κ3) is 0.993. The van der Waals surface area contributed by atoms with E-state index >= 15 is 0 Å². The van der Waals surface area contributed by atoms with Gasteiger partial charge in [-0.3, -0.25) is 4.98 Å². The van der Waals surface area contributed by atoms with Crippen LogP contribution in [0.15, 0.2) is 30.7 Å². The van der Waals surface area contributed by atoms with E-state index in [-0.39, 0.29) is 0 Å². The number of nitrogens with zero attached hydrogens (tertiary/aromatic N) is 2. The van der Waals surface area contributed by atoms with Crippen molar-refractivity contribution in [2.45, 2.75) is 0 Å². The zero-order chi connectivity index (χ0) is 8.39. The summed E-state index contributed by atoms with van der Waals surface area (Å²) in [5.41, 5.74) is 0. The van der Waals surface area contributed by atoms with Gasteiger partial charge in [-0.15, -0.1) is 0 Å². The highest BCUT2D eigenvalue weighted by atomic mass is 15.0. The van der Waals surface area contributed by atoms with Gasteiger partial charge in [0.2, 0.25) is 0 Å². The van der Waals surface area contributed by atoms with Gasteiger partial charge in [-0.2, -0.15) is 0 Å². The first-order valence-electron chi connectivity index (χ1n) is 3.78. The van der Waals surface area contributed by atoms with Crippen LogP contribution in [0.1, 0.15) is 0 Å². The standard InChI is InChI=1S/C9H9N3/c1-10-9-8-6-11-4-2-7(8)3-5-12-9/h2-6H,1H3,(H,10,12). The lowest BCUT2D eigenvalue weighted by molar-refractivity contribution is 1.29. The molecule has 12 heavy (non-hydrogen) atoms. The van der Waals surface area contributed by atoms with Crippen LogP contribution in [0.5, 0.6) is 0 Å². The number of hydrogen-bond acceptors (Lipinski definition) is 3. The maximum Gasteiger partial charge on any atom is 0.135 e. The third-order valence-corrected chi connectivity index (χ3v) is 1.80. The summed E-state index contributed by atoms with van der Waals surface area (Å²) in [6.45, 7) is 0. The molecule has 0 bridgehead atoms. The van der Waals surface area contributed by atoms with Gasteiger partial charge in [0.05, 0.1) is 0 Å². The van der Waals surface area contributed by atoms with Crippen molar-refractivity contribution in [3.8, 4) is 0 Å². The van der Waals surface area contributed by atoms with Gasteiger partial charge in [-0.1, -0.05) is 0 Å². The second-order valence-electron chi connectivity index (χ2n) is 2.51. The fourth-order valence-corrected chi connectivity index (χ4v) is 1.21. The Morgan fingerprint density at radius 3 is 2.92 bits per heavy atom. The molecule has 0 fully saturated rings. The highest BCUT2D eigenvalue weighted by molar-refractivity contribution is 5.90. The van der Waals surface area contributed by atoms with E-state index in [2.05, 4.69) is 15.3 Å². The number of aromatic nitrogens is 2. The molecule has 0 saturated carbocycles. The summed E-state index contributed by atoms with van der Waals surface area (Å²) < 4.78 is 0. The fraction of sp³-hybridized carbons (Fsp3) is 0.111. The minimum atomic E-state index is 0.876. The van der Waals surface area contributed by atoms with Crippen molar-refractivity contribution >= 4 is 16.6 Å². The smallest absolute Gasteiger partial charge is 0.135 e. The molecule has 0 amide bonds. The van der Waals surface area contributed by atoms with Crippen LogP contribution in [0.2, 0.25) is 0 Å². The summed E-state index contributed by atoms with van der Waals surface area (Å²) in [4.78, 5) is 8.22. The lowest BCUT2D eigenvalue weighted by Crippen LogP contribution is -1.92. The molecule has 0 radical (unpaired) electrons. The summed E-state index contributed by atoms with van der Waals surface area (Å²) in [7, 11) is 1.86. The van der Waals surface area contributed by atoms with Crippen LogP contribution in [0.25, 0.3) is 10.8 Å². The van der Waals surface area contributed by atoms with Crippen LogP contribution in [0, 0.1) is 0 Å². The molecule has 0 spiro atoms. The van der Waals surface area contributed by atoms with E-state index in [1.165, 1.54) is 0 Å². The fourth-order valence-electron chi connectivity index (χ4n) is 1.21. The van der Waals surface area contributed by atoms with E-state index in [1.54, 1.807) is 12.4 Å². The Labute approximate surface area is 70.5 Å². The second-order valence-corrected chi connectivity index (χ2v) is 2.51. The second kappa shape index (κ2) is 2.77. The Morgan fingerprint density at radius 1 is 1.25 bits per heavy atom. The number of anilines is 1. The van der Waals surface area contributed by atoms with Crippen LogP contribution in [-0.4, -0.2) is 17.0 Å². The van der Waals surface area contributed by atoms with Crippen molar-refractivity contribution in [3.05, 3.63) is 30.7 Å². The molecule has 60 valence electrons. The van der Waals surface area contributed by atoms with E-state index in [4.69, 9.17) is 0 Å². The van der Waals surface area contributed by atoms with E-state index in [1.807, 2.05) is 25.4 Å². The SMILES string of the molecule is CNc1nccc2ccncc12. The molecule has 0 aliphatic carbocycles. The van der Waals surface area contributed by atoms with Crippen LogP contribution < -0.4 is 5.32 Å². The van der Waals surface area contributed by atoms with Gasteiger partial charge in [0.1, 0.15) is 5.82 Å². The summed E-state index contributed by atoms with van der Waals surface area (Å²) in [5.74, 6) is 0.876. The van der Waals surface area contributed by atoms with Gasteiger partial charge in [0.15, 0.2) is 0 Å². The molecule has 0 aromatic carbocycles. The monoisotopic (exact) mass is 159 g/mol. The minimum absolute atomic E-state index is 0.876. The maximum atomic E-state index is 4.17. The van der Waals surface area contributed by atoms with Crippen molar-refractivity contribution in [1.29, 1.82) is 0 Å². The van der Waals surface area contributed by atoms with E-state index in [0.29, 0.717) is 0 Å². The van der Waals surface area contributed by atoms with Crippen molar-refractivity contribution in [3.63, 3.8) is 0 Å². The summed E-state index contributed by atoms with van der Waals surface area (Å²) in [6.07, 6.45) is 5.38. The molecule has 2 heterocycles. The zero-order valence-electron chi connectivity index (χ0n) is 6.78. The number of fused-ring (bicyclic) bond motifs is 1. The Balaban J connectivity index is 2.79. The molecule has 0 aliphatic heterocycles. The number of pyridine rings is 2. The summed E-state index contributed by atoms with van der Waals surface area (Å²) in [5, 5.41) is 5.23. The molecular formula is C9H9N3. The Kier molecular flexibility index (Phi) is 1.63. The largest absolute Gasteiger partial charge is 0.373 e. The highest BCUT2D eigenvalue weighted by Crippen LogP contribution is 2.17. The molecule has 1 N–H and O–H groups in total. The number of rotatable bonds is 1. The first kappa shape index (κ1) is 7.03. The topological polar surface area (TPSA) is 37.8 Å². The number of nitrogens with one attached hydrogen (secondary N) is 1. The van der Waals surface area contributed by atoms with Gasteiger partial charge in [-0.25, -0.2) is 4.98 Å². The minimum Gasteiger partial charge on any atom is -0.373 e. The van der Waals surface area contributed by atoms with Crippen LogP contribution in [0.3, 0.4) is 0 Å². The van der Waals surface area contributed by atoms with Gasteiger partial charge in [-0.05, 0) is 17.5 Å². The summed E-state index contributed by atoms with van der Waals surface area (Å²) in [6, 6.07) is 3.94. The lowest BCUT2D eigenvalue weighted by atomic mass is 10.2. The Morgan fingerprint density at radius 2 is 2.08 bits per heavy atom. The average Bonchev–Trinajstić information content (AvgIpc) is 2.17. The number of hydrogen-bond donors (Lipinski definition) is 1. The Bertz CT molecular complexity index is 392. The van der Waals surface area contributed by atoms with E-state index in [0.717, 1.165) is 16.6 Å². The molecule has 0 saturated heterocycles. The molecule has 0 aliphatic rings. The molecule has 3 heteroatoms. The first-order valence-corrected chi connectivity index (χ1v) is 3.78. The van der Waals surface area contributed by atoms with Crippen LogP contribution in [-0.2, 0) is 0 Å². The van der Waals surface area contributed by atoms with Gasteiger partial charge < -0.3 is 5.32 Å². The van der Waals surface area contributed by atoms with Gasteiger partial charge in [0, 0.05) is 31.0 Å². The van der Waals surface area contributed by atoms with Crippen molar-refractivity contribution in [2.24, 2.45) is 0 Å². The van der Waals surface area contributed by atoms with E-state index in [9.17, 15) is 0 Å². The molecule has 2 aromatic heterocycles.